The second kappa shape index (κ2) is 19.3. The van der Waals surface area contributed by atoms with E-state index >= 15 is 8.78 Å². The highest BCUT2D eigenvalue weighted by molar-refractivity contribution is 6.04. The molecule has 0 bridgehead atoms. The number of aromatic nitrogens is 2. The zero-order chi connectivity index (χ0) is 47.0. The summed E-state index contributed by atoms with van der Waals surface area (Å²) < 4.78 is 36.4. The van der Waals surface area contributed by atoms with Gasteiger partial charge in [-0.1, -0.05) is 19.8 Å². The van der Waals surface area contributed by atoms with Crippen LogP contribution in [0, 0.1) is 23.0 Å². The van der Waals surface area contributed by atoms with Crippen LogP contribution in [0.5, 0.6) is 5.75 Å². The Hall–Kier alpha value is -5.42. The van der Waals surface area contributed by atoms with E-state index in [-0.39, 0.29) is 54.3 Å². The van der Waals surface area contributed by atoms with Crippen LogP contribution in [0.15, 0.2) is 36.5 Å². The lowest BCUT2D eigenvalue weighted by molar-refractivity contribution is -0.134. The normalized spacial score (nSPS) is 24.2. The average molecular weight is 926 g/mol. The van der Waals surface area contributed by atoms with Gasteiger partial charge in [-0.15, -0.1) is 0 Å². The smallest absolute Gasteiger partial charge is 0.251 e. The highest BCUT2D eigenvalue weighted by Crippen LogP contribution is 2.49. The number of methoxy groups -OCH3 is 1. The number of nitrogens with one attached hydrogen (secondary N) is 3. The van der Waals surface area contributed by atoms with E-state index in [1.807, 2.05) is 11.8 Å². The minimum absolute atomic E-state index is 0.0309. The molecule has 17 heteroatoms. The quantitative estimate of drug-likeness (QED) is 0.136. The van der Waals surface area contributed by atoms with Crippen molar-refractivity contribution in [2.45, 2.75) is 127 Å². The summed E-state index contributed by atoms with van der Waals surface area (Å²) in [4.78, 5) is 69.2. The number of likely N-dealkylation sites (tertiary alicyclic amines) is 1. The molecule has 4 N–H and O–H groups in total. The van der Waals surface area contributed by atoms with Crippen molar-refractivity contribution in [3.63, 3.8) is 0 Å². The molecule has 6 aliphatic rings. The average Bonchev–Trinajstić information content (AvgIpc) is 4.03. The van der Waals surface area contributed by atoms with Gasteiger partial charge < -0.3 is 40.1 Å². The number of benzene rings is 2. The summed E-state index contributed by atoms with van der Waals surface area (Å²) in [6, 6.07) is 7.88. The maximum absolute atomic E-state index is 15.3. The Morgan fingerprint density at radius 2 is 1.70 bits per heavy atom. The van der Waals surface area contributed by atoms with Crippen molar-refractivity contribution in [1.82, 2.24) is 25.5 Å². The van der Waals surface area contributed by atoms with Crippen LogP contribution in [0.2, 0.25) is 0 Å². The molecular weight excluding hydrogens is 861 g/mol. The topological polar surface area (TPSA) is 173 Å². The Bertz CT molecular complexity index is 2340. The van der Waals surface area contributed by atoms with Crippen LogP contribution >= 0.6 is 0 Å². The molecule has 3 aromatic rings. The van der Waals surface area contributed by atoms with E-state index < -0.39 is 34.9 Å². The Labute approximate surface area is 391 Å². The van der Waals surface area contributed by atoms with Crippen LogP contribution in [0.3, 0.4) is 0 Å². The number of hydrogen-bond acceptors (Lipinski definition) is 12. The molecule has 2 saturated carbocycles. The van der Waals surface area contributed by atoms with Crippen molar-refractivity contribution in [3.05, 3.63) is 59.3 Å². The standard InChI is InChI=1S/C50H65F2N9O6/c1-4-39-47(66)58(2)40-28-53-48(56-44(40)61(39)33-7-5-6-8-33)54-38-11-9-32(25-41(38)67-3)45(64)57-50(20-24-62)16-14-49(15-17-50)18-22-59(23-19-49)29-31-13-21-60(30-31)34-26-36(51)43(37(52)27-34)35-10-12-42(63)55-46(35)65/h9,11,25-28,31,33,35,39,62H,4-8,10,12-24,29-30H2,1-3H3,(H,57,64)(H,53,54,56)(H,55,63,65)/t31-,35?,39+/m0/s1. The first-order valence-electron chi connectivity index (χ1n) is 24.4. The zero-order valence-electron chi connectivity index (χ0n) is 39.1. The molecule has 4 amide bonds. The number of halogens is 2. The lowest BCUT2D eigenvalue weighted by atomic mass is 9.62. The summed E-state index contributed by atoms with van der Waals surface area (Å²) in [5, 5.41) is 19.1. The van der Waals surface area contributed by atoms with Crippen molar-refractivity contribution < 1.29 is 37.8 Å². The molecule has 5 fully saturated rings. The number of aliphatic hydroxyl groups is 1. The van der Waals surface area contributed by atoms with Crippen LogP contribution in [0.4, 0.5) is 37.6 Å². The van der Waals surface area contributed by atoms with Crippen LogP contribution in [0.1, 0.15) is 125 Å². The molecule has 0 radical (unpaired) electrons. The first kappa shape index (κ1) is 46.7. The van der Waals surface area contributed by atoms with Crippen LogP contribution in [0.25, 0.3) is 0 Å². The lowest BCUT2D eigenvalue weighted by Crippen LogP contribution is -2.55. The van der Waals surface area contributed by atoms with Gasteiger partial charge in [-0.2, -0.15) is 4.98 Å². The monoisotopic (exact) mass is 926 g/mol. The first-order chi connectivity index (χ1) is 32.3. The summed E-state index contributed by atoms with van der Waals surface area (Å²) in [5.74, 6) is -1.85. The fourth-order valence-electron chi connectivity index (χ4n) is 12.1. The van der Waals surface area contributed by atoms with Gasteiger partial charge in [0.2, 0.25) is 23.7 Å². The molecule has 1 unspecified atom stereocenters. The summed E-state index contributed by atoms with van der Waals surface area (Å²) in [6.07, 6.45) is 13.8. The van der Waals surface area contributed by atoms with Crippen molar-refractivity contribution in [2.75, 3.05) is 73.5 Å². The number of hydrogen-bond donors (Lipinski definition) is 4. The minimum atomic E-state index is -1.02. The number of ether oxygens (including phenoxy) is 1. The highest BCUT2D eigenvalue weighted by Gasteiger charge is 2.46. The molecule has 360 valence electrons. The molecule has 2 aliphatic carbocycles. The third kappa shape index (κ3) is 9.42. The van der Waals surface area contributed by atoms with E-state index in [4.69, 9.17) is 9.72 Å². The fraction of sp³-hybridized carbons (Fsp3) is 0.600. The molecule has 15 nitrogen and oxygen atoms in total. The second-order valence-electron chi connectivity index (χ2n) is 20.0. The number of aliphatic hydroxyl groups excluding tert-OH is 1. The van der Waals surface area contributed by atoms with Gasteiger partial charge in [0.1, 0.15) is 29.1 Å². The molecule has 1 spiro atoms. The van der Waals surface area contributed by atoms with Gasteiger partial charge in [0.15, 0.2) is 5.82 Å². The lowest BCUT2D eigenvalue weighted by Gasteiger charge is -2.50. The Kier molecular flexibility index (Phi) is 13.4. The number of nitrogens with zero attached hydrogens (tertiary/aromatic N) is 6. The molecule has 67 heavy (non-hydrogen) atoms. The van der Waals surface area contributed by atoms with E-state index in [1.165, 1.54) is 12.1 Å². The predicted octanol–water partition coefficient (Wildman–Crippen LogP) is 6.56. The molecule has 4 aliphatic heterocycles. The van der Waals surface area contributed by atoms with Gasteiger partial charge in [-0.3, -0.25) is 24.5 Å². The highest BCUT2D eigenvalue weighted by atomic mass is 19.1. The van der Waals surface area contributed by atoms with Crippen LogP contribution in [-0.2, 0) is 14.4 Å². The van der Waals surface area contributed by atoms with Gasteiger partial charge in [0.05, 0.1) is 24.9 Å². The van der Waals surface area contributed by atoms with Crippen molar-refractivity contribution in [3.8, 4) is 5.75 Å². The van der Waals surface area contributed by atoms with Gasteiger partial charge in [0.25, 0.3) is 5.91 Å². The van der Waals surface area contributed by atoms with Crippen molar-refractivity contribution in [2.24, 2.45) is 11.3 Å². The minimum Gasteiger partial charge on any atom is -0.495 e. The maximum atomic E-state index is 15.3. The van der Waals surface area contributed by atoms with E-state index in [0.29, 0.717) is 66.2 Å². The molecule has 9 rings (SSSR count). The number of piperidine rings is 2. The molecule has 3 atom stereocenters. The fourth-order valence-corrected chi connectivity index (χ4v) is 12.1. The third-order valence-electron chi connectivity index (χ3n) is 16.1. The number of carbonyl (C=O) groups is 4. The Morgan fingerprint density at radius 1 is 0.970 bits per heavy atom. The number of anilines is 5. The summed E-state index contributed by atoms with van der Waals surface area (Å²) in [6.45, 7) is 6.23. The summed E-state index contributed by atoms with van der Waals surface area (Å²) >= 11 is 0. The Morgan fingerprint density at radius 3 is 2.37 bits per heavy atom. The summed E-state index contributed by atoms with van der Waals surface area (Å²) in [7, 11) is 3.34. The van der Waals surface area contributed by atoms with E-state index in [9.17, 15) is 24.3 Å². The van der Waals surface area contributed by atoms with Crippen molar-refractivity contribution >= 4 is 52.5 Å². The molecule has 2 aromatic carbocycles. The van der Waals surface area contributed by atoms with Crippen LogP contribution in [-0.4, -0.2) is 115 Å². The second-order valence-corrected chi connectivity index (χ2v) is 20.0. The molecule has 5 heterocycles. The number of likely N-dealkylation sites (N-methyl/N-ethyl adjacent to an activating group) is 1. The SMILES string of the molecule is CC[C@@H]1C(=O)N(C)c2cnc(Nc3ccc(C(=O)NC4(CCO)CCC5(CCN(C[C@@H]6CCN(c7cc(F)c(C8CCC(=O)NC8=O)c(F)c7)C6)CC5)CC4)cc3OC)nc2N1C1CCCC1. The van der Waals surface area contributed by atoms with Gasteiger partial charge >= 0.3 is 0 Å². The molecule has 1 aromatic heterocycles. The third-order valence-corrected chi connectivity index (χ3v) is 16.1. The first-order valence-corrected chi connectivity index (χ1v) is 24.4. The van der Waals surface area contributed by atoms with Gasteiger partial charge in [0, 0.05) is 68.1 Å². The van der Waals surface area contributed by atoms with E-state index in [2.05, 4.69) is 30.7 Å². The number of carbonyl (C=O) groups excluding carboxylic acids is 4. The van der Waals surface area contributed by atoms with Gasteiger partial charge in [-0.25, -0.2) is 13.8 Å². The van der Waals surface area contributed by atoms with E-state index in [1.54, 1.807) is 43.5 Å². The number of imide groups is 1. The van der Waals surface area contributed by atoms with Crippen LogP contribution < -0.4 is 35.4 Å². The number of fused-ring (bicyclic) bond motifs is 1. The Balaban J connectivity index is 0.786. The number of amides is 4. The maximum Gasteiger partial charge on any atom is 0.251 e. The van der Waals surface area contributed by atoms with E-state index in [0.717, 1.165) is 96.1 Å². The molecule has 3 saturated heterocycles. The van der Waals surface area contributed by atoms with Crippen molar-refractivity contribution in [1.29, 1.82) is 0 Å². The number of rotatable bonds is 13. The molecular formula is C50H65F2N9O6. The van der Waals surface area contributed by atoms with Gasteiger partial charge in [-0.05, 0) is 132 Å². The largest absolute Gasteiger partial charge is 0.495 e. The zero-order valence-corrected chi connectivity index (χ0v) is 39.1. The summed E-state index contributed by atoms with van der Waals surface area (Å²) in [5.41, 5.74) is 1.58. The predicted molar refractivity (Wildman–Crippen MR) is 251 cm³/mol.